The number of nitrogens with two attached hydrogens (primary N) is 1. The highest BCUT2D eigenvalue weighted by Gasteiger charge is 2.43. The maximum atomic E-state index is 12.0. The molecule has 2 aliphatic heterocycles. The van der Waals surface area contributed by atoms with E-state index in [1.807, 2.05) is 43.5 Å². The van der Waals surface area contributed by atoms with E-state index in [9.17, 15) is 4.79 Å². The van der Waals surface area contributed by atoms with Gasteiger partial charge in [0.25, 0.3) is 5.91 Å². The minimum atomic E-state index is -0.565. The summed E-state index contributed by atoms with van der Waals surface area (Å²) in [4.78, 5) is 25.8. The second-order valence-corrected chi connectivity index (χ2v) is 9.72. The SMILES string of the molecule is CCOc1ccccc1Nc1cc(Nc2ccc(N3CCC4(CC3)CN(C)C4)cn2)ncc1C(N)=O. The van der Waals surface area contributed by atoms with E-state index >= 15 is 0 Å². The molecule has 1 aromatic carbocycles. The normalized spacial score (nSPS) is 16.9. The Bertz CT molecular complexity index is 1220. The largest absolute Gasteiger partial charge is 0.492 e. The van der Waals surface area contributed by atoms with Crippen LogP contribution in [0.3, 0.4) is 0 Å². The van der Waals surface area contributed by atoms with Crippen molar-refractivity contribution in [2.24, 2.45) is 11.1 Å². The van der Waals surface area contributed by atoms with Gasteiger partial charge in [0, 0.05) is 38.4 Å². The zero-order valence-corrected chi connectivity index (χ0v) is 20.8. The van der Waals surface area contributed by atoms with Gasteiger partial charge in [-0.1, -0.05) is 12.1 Å². The molecular formula is C27H33N7O2. The molecule has 5 rings (SSSR count). The number of nitrogens with zero attached hydrogens (tertiary/aromatic N) is 4. The second kappa shape index (κ2) is 10.0. The number of anilines is 5. The number of hydrogen-bond acceptors (Lipinski definition) is 8. The molecule has 4 N–H and O–H groups in total. The lowest BCUT2D eigenvalue weighted by atomic mass is 9.72. The quantitative estimate of drug-likeness (QED) is 0.438. The van der Waals surface area contributed by atoms with E-state index < -0.39 is 5.91 Å². The molecule has 0 saturated carbocycles. The molecule has 2 aliphatic rings. The predicted molar refractivity (Wildman–Crippen MR) is 143 cm³/mol. The third-order valence-corrected chi connectivity index (χ3v) is 7.03. The van der Waals surface area contributed by atoms with E-state index in [2.05, 4.69) is 43.5 Å². The summed E-state index contributed by atoms with van der Waals surface area (Å²) in [6.07, 6.45) is 5.83. The lowest BCUT2D eigenvalue weighted by molar-refractivity contribution is 0.00131. The molecule has 0 radical (unpaired) electrons. The number of piperidine rings is 1. The Labute approximate surface area is 211 Å². The highest BCUT2D eigenvalue weighted by atomic mass is 16.5. The van der Waals surface area contributed by atoms with Crippen LogP contribution in [0.25, 0.3) is 0 Å². The number of aromatic nitrogens is 2. The molecule has 9 nitrogen and oxygen atoms in total. The van der Waals surface area contributed by atoms with E-state index in [4.69, 9.17) is 10.5 Å². The van der Waals surface area contributed by atoms with Crippen LogP contribution in [0.4, 0.5) is 28.7 Å². The Balaban J connectivity index is 1.28. The third-order valence-electron chi connectivity index (χ3n) is 7.03. The van der Waals surface area contributed by atoms with Crippen molar-refractivity contribution in [2.45, 2.75) is 19.8 Å². The molecule has 4 heterocycles. The number of rotatable bonds is 8. The zero-order valence-electron chi connectivity index (χ0n) is 20.8. The zero-order chi connectivity index (χ0) is 25.1. The molecule has 0 unspecified atom stereocenters. The fraction of sp³-hybridized carbons (Fsp3) is 0.370. The van der Waals surface area contributed by atoms with Crippen LogP contribution in [0.2, 0.25) is 0 Å². The standard InChI is InChI=1S/C27H33N7O2/c1-3-36-23-7-5-4-6-21(23)31-22-14-25(30-16-20(22)26(28)35)32-24-9-8-19(15-29-24)34-12-10-27(11-13-34)17-33(2)18-27/h4-9,14-16H,3,10-13,17-18H2,1-2H3,(H2,28,35)(H2,29,30,31,32). The van der Waals surface area contributed by atoms with Crippen molar-refractivity contribution < 1.29 is 9.53 Å². The first-order valence-electron chi connectivity index (χ1n) is 12.4. The Morgan fingerprint density at radius 1 is 1.03 bits per heavy atom. The van der Waals surface area contributed by atoms with Crippen molar-refractivity contribution in [3.63, 3.8) is 0 Å². The number of carbonyl (C=O) groups excluding carboxylic acids is 1. The van der Waals surface area contributed by atoms with Crippen molar-refractivity contribution in [3.8, 4) is 5.75 Å². The second-order valence-electron chi connectivity index (χ2n) is 9.72. The Morgan fingerprint density at radius 2 is 1.78 bits per heavy atom. The third kappa shape index (κ3) is 5.06. The molecule has 1 spiro atoms. The average Bonchev–Trinajstić information content (AvgIpc) is 2.86. The predicted octanol–water partition coefficient (Wildman–Crippen LogP) is 3.99. The summed E-state index contributed by atoms with van der Waals surface area (Å²) in [7, 11) is 2.20. The maximum absolute atomic E-state index is 12.0. The number of carbonyl (C=O) groups is 1. The number of nitrogens with one attached hydrogen (secondary N) is 2. The smallest absolute Gasteiger partial charge is 0.252 e. The molecule has 2 fully saturated rings. The minimum absolute atomic E-state index is 0.288. The summed E-state index contributed by atoms with van der Waals surface area (Å²) in [5.74, 6) is 1.34. The first-order chi connectivity index (χ1) is 17.4. The number of amides is 1. The summed E-state index contributed by atoms with van der Waals surface area (Å²) in [6, 6.07) is 13.3. The maximum Gasteiger partial charge on any atom is 0.252 e. The molecule has 3 aromatic rings. The van der Waals surface area contributed by atoms with Gasteiger partial charge >= 0.3 is 0 Å². The first kappa shape index (κ1) is 23.9. The van der Waals surface area contributed by atoms with Crippen molar-refractivity contribution >= 4 is 34.6 Å². The van der Waals surface area contributed by atoms with Gasteiger partial charge < -0.3 is 30.9 Å². The van der Waals surface area contributed by atoms with Crippen LogP contribution in [0.1, 0.15) is 30.1 Å². The molecule has 36 heavy (non-hydrogen) atoms. The van der Waals surface area contributed by atoms with Gasteiger partial charge in [0.2, 0.25) is 0 Å². The Kier molecular flexibility index (Phi) is 6.65. The van der Waals surface area contributed by atoms with Gasteiger partial charge in [-0.15, -0.1) is 0 Å². The fourth-order valence-corrected chi connectivity index (χ4v) is 5.25. The van der Waals surface area contributed by atoms with Gasteiger partial charge in [-0.05, 0) is 56.5 Å². The minimum Gasteiger partial charge on any atom is -0.492 e. The number of hydrogen-bond donors (Lipinski definition) is 3. The van der Waals surface area contributed by atoms with Crippen molar-refractivity contribution in [3.05, 3.63) is 60.4 Å². The lowest BCUT2D eigenvalue weighted by Crippen LogP contribution is -2.58. The Morgan fingerprint density at radius 3 is 2.44 bits per heavy atom. The van der Waals surface area contributed by atoms with Crippen molar-refractivity contribution in [2.75, 3.05) is 55.4 Å². The van der Waals surface area contributed by atoms with Crippen LogP contribution in [-0.4, -0.2) is 60.6 Å². The first-order valence-corrected chi connectivity index (χ1v) is 12.4. The molecule has 2 aromatic heterocycles. The van der Waals surface area contributed by atoms with Crippen LogP contribution in [0, 0.1) is 5.41 Å². The van der Waals surface area contributed by atoms with Gasteiger partial charge in [-0.3, -0.25) is 4.79 Å². The molecule has 2 saturated heterocycles. The molecule has 188 valence electrons. The summed E-state index contributed by atoms with van der Waals surface area (Å²) >= 11 is 0. The Hall–Kier alpha value is -3.85. The van der Waals surface area contributed by atoms with Crippen molar-refractivity contribution in [1.29, 1.82) is 0 Å². The van der Waals surface area contributed by atoms with Gasteiger partial charge in [0.15, 0.2) is 0 Å². The van der Waals surface area contributed by atoms with Crippen molar-refractivity contribution in [1.82, 2.24) is 14.9 Å². The molecule has 1 amide bonds. The molecule has 0 bridgehead atoms. The lowest BCUT2D eigenvalue weighted by Gasteiger charge is -2.53. The van der Waals surface area contributed by atoms with Gasteiger partial charge in [-0.2, -0.15) is 0 Å². The molecule has 9 heteroatoms. The van der Waals surface area contributed by atoms with E-state index in [-0.39, 0.29) is 5.56 Å². The van der Waals surface area contributed by atoms with Crippen LogP contribution in [-0.2, 0) is 0 Å². The van der Waals surface area contributed by atoms with Crippen LogP contribution < -0.4 is 26.0 Å². The number of pyridine rings is 2. The topological polar surface area (TPSA) is 109 Å². The number of likely N-dealkylation sites (tertiary alicyclic amines) is 1. The molecule has 0 atom stereocenters. The van der Waals surface area contributed by atoms with Gasteiger partial charge in [-0.25, -0.2) is 9.97 Å². The number of benzene rings is 1. The number of ether oxygens (including phenoxy) is 1. The molecule has 0 aliphatic carbocycles. The highest BCUT2D eigenvalue weighted by molar-refractivity contribution is 5.99. The number of primary amides is 1. The van der Waals surface area contributed by atoms with E-state index in [0.29, 0.717) is 35.1 Å². The summed E-state index contributed by atoms with van der Waals surface area (Å²) in [6.45, 7) is 7.03. The van der Waals surface area contributed by atoms with E-state index in [0.717, 1.165) is 24.5 Å². The highest BCUT2D eigenvalue weighted by Crippen LogP contribution is 2.40. The summed E-state index contributed by atoms with van der Waals surface area (Å²) in [5, 5.41) is 6.50. The number of para-hydroxylation sites is 2. The molecular weight excluding hydrogens is 454 g/mol. The van der Waals surface area contributed by atoms with Gasteiger partial charge in [0.1, 0.15) is 17.4 Å². The monoisotopic (exact) mass is 487 g/mol. The van der Waals surface area contributed by atoms with E-state index in [1.165, 1.54) is 32.1 Å². The van der Waals surface area contributed by atoms with Gasteiger partial charge in [0.05, 0.1) is 35.4 Å². The van der Waals surface area contributed by atoms with Crippen LogP contribution in [0.15, 0.2) is 54.9 Å². The summed E-state index contributed by atoms with van der Waals surface area (Å²) in [5.41, 5.74) is 8.82. The average molecular weight is 488 g/mol. The summed E-state index contributed by atoms with van der Waals surface area (Å²) < 4.78 is 5.70. The fourth-order valence-electron chi connectivity index (χ4n) is 5.25. The van der Waals surface area contributed by atoms with E-state index in [1.54, 1.807) is 6.07 Å². The van der Waals surface area contributed by atoms with Crippen LogP contribution >= 0.6 is 0 Å². The van der Waals surface area contributed by atoms with Crippen LogP contribution in [0.5, 0.6) is 5.75 Å².